The van der Waals surface area contributed by atoms with Gasteiger partial charge in [0.1, 0.15) is 0 Å². The summed E-state index contributed by atoms with van der Waals surface area (Å²) in [6.45, 7) is 0. The van der Waals surface area contributed by atoms with Gasteiger partial charge in [0, 0.05) is 16.0 Å². The third kappa shape index (κ3) is 5.70. The number of aliphatic carboxylic acids is 1. The van der Waals surface area contributed by atoms with Crippen molar-refractivity contribution in [3.05, 3.63) is 68.5 Å². The van der Waals surface area contributed by atoms with Gasteiger partial charge in [-0.3, -0.25) is 9.59 Å². The minimum absolute atomic E-state index is 0.284. The van der Waals surface area contributed by atoms with Crippen LogP contribution in [-0.4, -0.2) is 22.0 Å². The molecule has 0 fully saturated rings. The SMILES string of the molecule is O=C(O)CC(Cc1ccccc1)C(=O)Nc1nc(-c2c(Cl)cc(Cl)cc2Cl)cs1. The van der Waals surface area contributed by atoms with Gasteiger partial charge >= 0.3 is 5.97 Å². The van der Waals surface area contributed by atoms with E-state index in [9.17, 15) is 14.7 Å². The predicted molar refractivity (Wildman–Crippen MR) is 117 cm³/mol. The van der Waals surface area contributed by atoms with Crippen LogP contribution in [0.4, 0.5) is 5.13 Å². The number of carboxylic acids is 1. The number of benzene rings is 2. The van der Waals surface area contributed by atoms with Gasteiger partial charge in [-0.05, 0) is 24.1 Å². The number of nitrogens with one attached hydrogen (secondary N) is 1. The topological polar surface area (TPSA) is 79.3 Å². The van der Waals surface area contributed by atoms with Crippen LogP contribution in [0.25, 0.3) is 11.3 Å². The van der Waals surface area contributed by atoms with Crippen molar-refractivity contribution >= 4 is 63.1 Å². The van der Waals surface area contributed by atoms with Crippen LogP contribution >= 0.6 is 46.1 Å². The first kappa shape index (κ1) is 21.6. The Morgan fingerprint density at radius 2 is 1.76 bits per heavy atom. The van der Waals surface area contributed by atoms with Crippen LogP contribution in [0.15, 0.2) is 47.8 Å². The Morgan fingerprint density at radius 3 is 2.38 bits per heavy atom. The van der Waals surface area contributed by atoms with Crippen molar-refractivity contribution in [3.8, 4) is 11.3 Å². The molecule has 2 N–H and O–H groups in total. The number of nitrogens with zero attached hydrogens (tertiary/aromatic N) is 1. The van der Waals surface area contributed by atoms with Gasteiger partial charge in [-0.15, -0.1) is 11.3 Å². The molecular weight excluding hydrogens is 455 g/mol. The Kier molecular flexibility index (Phi) is 7.14. The fourth-order valence-corrected chi connectivity index (χ4v) is 4.52. The number of amides is 1. The van der Waals surface area contributed by atoms with Crippen LogP contribution in [0.2, 0.25) is 15.1 Å². The van der Waals surface area contributed by atoms with Crippen molar-refractivity contribution < 1.29 is 14.7 Å². The van der Waals surface area contributed by atoms with Gasteiger partial charge in [-0.1, -0.05) is 65.1 Å². The number of carbonyl (C=O) groups is 2. The number of thiazole rings is 1. The summed E-state index contributed by atoms with van der Waals surface area (Å²) in [5, 5.41) is 15.0. The second-order valence-electron chi connectivity index (χ2n) is 6.26. The zero-order valence-electron chi connectivity index (χ0n) is 14.9. The quantitative estimate of drug-likeness (QED) is 0.442. The lowest BCUT2D eigenvalue weighted by molar-refractivity contribution is -0.140. The van der Waals surface area contributed by atoms with Crippen LogP contribution in [0, 0.1) is 5.92 Å². The first-order valence-corrected chi connectivity index (χ1v) is 10.5. The summed E-state index contributed by atoms with van der Waals surface area (Å²) in [5.41, 5.74) is 1.89. The predicted octanol–water partition coefficient (Wildman–Crippen LogP) is 6.04. The molecule has 0 aliphatic carbocycles. The average molecular weight is 470 g/mol. The number of carbonyl (C=O) groups excluding carboxylic acids is 1. The maximum absolute atomic E-state index is 12.7. The minimum atomic E-state index is -1.04. The highest BCUT2D eigenvalue weighted by Crippen LogP contribution is 2.38. The normalized spacial score (nSPS) is 11.8. The summed E-state index contributed by atoms with van der Waals surface area (Å²) in [6, 6.07) is 12.4. The number of hydrogen-bond acceptors (Lipinski definition) is 4. The molecule has 0 aliphatic heterocycles. The Hall–Kier alpha value is -2.12. The lowest BCUT2D eigenvalue weighted by atomic mass is 9.95. The van der Waals surface area contributed by atoms with Gasteiger partial charge in [0.05, 0.1) is 28.1 Å². The fraction of sp³-hybridized carbons (Fsp3) is 0.150. The lowest BCUT2D eigenvalue weighted by Gasteiger charge is -2.14. The molecule has 150 valence electrons. The second kappa shape index (κ2) is 9.59. The standard InChI is InChI=1S/C20H15Cl3N2O3S/c21-13-8-14(22)18(15(23)9-13)16-10-29-20(24-16)25-19(28)12(7-17(26)27)6-11-4-2-1-3-5-11/h1-5,8-10,12H,6-7H2,(H,26,27)(H,24,25,28). The van der Waals surface area contributed by atoms with E-state index in [2.05, 4.69) is 10.3 Å². The number of carboxylic acid groups (broad SMARTS) is 1. The molecule has 9 heteroatoms. The van der Waals surface area contributed by atoms with E-state index in [1.165, 1.54) is 11.3 Å². The second-order valence-corrected chi connectivity index (χ2v) is 8.37. The molecule has 3 rings (SSSR count). The Labute approximate surface area is 186 Å². The van der Waals surface area contributed by atoms with Gasteiger partial charge in [0.2, 0.25) is 5.91 Å². The molecule has 2 aromatic carbocycles. The molecule has 5 nitrogen and oxygen atoms in total. The van der Waals surface area contributed by atoms with E-state index in [1.54, 1.807) is 17.5 Å². The van der Waals surface area contributed by atoms with Crippen LogP contribution < -0.4 is 5.32 Å². The lowest BCUT2D eigenvalue weighted by Crippen LogP contribution is -2.27. The van der Waals surface area contributed by atoms with E-state index in [0.29, 0.717) is 37.9 Å². The molecule has 1 aromatic heterocycles. The highest BCUT2D eigenvalue weighted by Gasteiger charge is 2.23. The highest BCUT2D eigenvalue weighted by molar-refractivity contribution is 7.14. The number of aromatic nitrogens is 1. The zero-order chi connectivity index (χ0) is 21.0. The van der Waals surface area contributed by atoms with Crippen molar-refractivity contribution in [2.75, 3.05) is 5.32 Å². The summed E-state index contributed by atoms with van der Waals surface area (Å²) < 4.78 is 0. The summed E-state index contributed by atoms with van der Waals surface area (Å²) in [4.78, 5) is 28.3. The maximum atomic E-state index is 12.7. The largest absolute Gasteiger partial charge is 0.481 e. The Bertz CT molecular complexity index is 1020. The molecule has 29 heavy (non-hydrogen) atoms. The highest BCUT2D eigenvalue weighted by atomic mass is 35.5. The van der Waals surface area contributed by atoms with Crippen LogP contribution in [0.1, 0.15) is 12.0 Å². The third-order valence-corrected chi connectivity index (χ3v) is 5.69. The smallest absolute Gasteiger partial charge is 0.304 e. The number of halogens is 3. The van der Waals surface area contributed by atoms with Gasteiger partial charge in [-0.25, -0.2) is 4.98 Å². The van der Waals surface area contributed by atoms with Gasteiger partial charge < -0.3 is 10.4 Å². The first-order valence-electron chi connectivity index (χ1n) is 8.50. The molecule has 0 saturated heterocycles. The number of hydrogen-bond donors (Lipinski definition) is 2. The van der Waals surface area contributed by atoms with E-state index >= 15 is 0 Å². The van der Waals surface area contributed by atoms with Crippen molar-refractivity contribution in [2.45, 2.75) is 12.8 Å². The van der Waals surface area contributed by atoms with Crippen molar-refractivity contribution in [1.29, 1.82) is 0 Å². The summed E-state index contributed by atoms with van der Waals surface area (Å²) in [6.07, 6.45) is 0.0276. The molecule has 3 aromatic rings. The summed E-state index contributed by atoms with van der Waals surface area (Å²) in [7, 11) is 0. The number of rotatable bonds is 7. The Balaban J connectivity index is 1.78. The minimum Gasteiger partial charge on any atom is -0.481 e. The third-order valence-electron chi connectivity index (χ3n) is 4.11. The monoisotopic (exact) mass is 468 g/mol. The molecule has 1 amide bonds. The molecule has 1 unspecified atom stereocenters. The molecule has 0 bridgehead atoms. The zero-order valence-corrected chi connectivity index (χ0v) is 17.9. The fourth-order valence-electron chi connectivity index (χ4n) is 2.81. The first-order chi connectivity index (χ1) is 13.8. The molecule has 0 spiro atoms. The van der Waals surface area contributed by atoms with E-state index < -0.39 is 17.8 Å². The van der Waals surface area contributed by atoms with Crippen molar-refractivity contribution in [2.24, 2.45) is 5.92 Å². The molecule has 0 radical (unpaired) electrons. The molecule has 0 aliphatic rings. The Morgan fingerprint density at radius 1 is 1.10 bits per heavy atom. The molecule has 0 saturated carbocycles. The van der Waals surface area contributed by atoms with Crippen LogP contribution in [-0.2, 0) is 16.0 Å². The van der Waals surface area contributed by atoms with Gasteiger partial charge in [-0.2, -0.15) is 0 Å². The van der Waals surface area contributed by atoms with Crippen LogP contribution in [0.3, 0.4) is 0 Å². The average Bonchev–Trinajstić information content (AvgIpc) is 3.08. The number of anilines is 1. The van der Waals surface area contributed by atoms with Gasteiger partial charge in [0.25, 0.3) is 0 Å². The molecular formula is C20H15Cl3N2O3S. The van der Waals surface area contributed by atoms with E-state index in [4.69, 9.17) is 34.8 Å². The van der Waals surface area contributed by atoms with E-state index in [0.717, 1.165) is 5.56 Å². The molecule has 1 heterocycles. The van der Waals surface area contributed by atoms with Gasteiger partial charge in [0.15, 0.2) is 5.13 Å². The summed E-state index contributed by atoms with van der Waals surface area (Å²) in [5.74, 6) is -2.18. The van der Waals surface area contributed by atoms with Crippen molar-refractivity contribution in [3.63, 3.8) is 0 Å². The summed E-state index contributed by atoms with van der Waals surface area (Å²) >= 11 is 19.6. The molecule has 1 atom stereocenters. The maximum Gasteiger partial charge on any atom is 0.304 e. The van der Waals surface area contributed by atoms with Crippen molar-refractivity contribution in [1.82, 2.24) is 4.98 Å². The van der Waals surface area contributed by atoms with E-state index in [-0.39, 0.29) is 6.42 Å². The van der Waals surface area contributed by atoms with Crippen LogP contribution in [0.5, 0.6) is 0 Å². The van der Waals surface area contributed by atoms with E-state index in [1.807, 2.05) is 30.3 Å².